The third-order valence-corrected chi connectivity index (χ3v) is 4.89. The highest BCUT2D eigenvalue weighted by Crippen LogP contribution is 2.37. The number of hydrogen-bond donors (Lipinski definition) is 0. The molecule has 0 amide bonds. The van der Waals surface area contributed by atoms with E-state index in [1.165, 1.54) is 43.4 Å². The zero-order valence-corrected chi connectivity index (χ0v) is 12.3. The molecule has 0 nitrogen and oxygen atoms in total. The Hall–Kier alpha value is -2.60. The van der Waals surface area contributed by atoms with E-state index in [1.54, 1.807) is 0 Å². The second-order valence-electron chi connectivity index (χ2n) is 6.12. The summed E-state index contributed by atoms with van der Waals surface area (Å²) < 4.78 is 0. The first-order chi connectivity index (χ1) is 10.9. The molecule has 1 aliphatic rings. The van der Waals surface area contributed by atoms with E-state index in [9.17, 15) is 0 Å². The van der Waals surface area contributed by atoms with Gasteiger partial charge in [0.2, 0.25) is 0 Å². The van der Waals surface area contributed by atoms with Crippen LogP contribution in [-0.4, -0.2) is 0 Å². The monoisotopic (exact) mass is 280 g/mol. The summed E-state index contributed by atoms with van der Waals surface area (Å²) in [5, 5.41) is 8.27. The lowest BCUT2D eigenvalue weighted by molar-refractivity contribution is 0.998. The Morgan fingerprint density at radius 2 is 1.36 bits per heavy atom. The molecule has 104 valence electrons. The van der Waals surface area contributed by atoms with Crippen molar-refractivity contribution in [1.29, 1.82) is 0 Å². The molecule has 5 rings (SSSR count). The van der Waals surface area contributed by atoms with Crippen LogP contribution in [0.2, 0.25) is 0 Å². The van der Waals surface area contributed by atoms with Gasteiger partial charge in [-0.25, -0.2) is 0 Å². The molecule has 0 spiro atoms. The summed E-state index contributed by atoms with van der Waals surface area (Å²) in [6.45, 7) is 0. The van der Waals surface area contributed by atoms with Gasteiger partial charge in [-0.3, -0.25) is 0 Å². The molecule has 4 aromatic carbocycles. The van der Waals surface area contributed by atoms with Crippen LogP contribution in [0.3, 0.4) is 0 Å². The molecule has 4 aromatic rings. The van der Waals surface area contributed by atoms with Gasteiger partial charge in [-0.15, -0.1) is 0 Å². The molecule has 0 aliphatic heterocycles. The molecule has 0 saturated carbocycles. The Balaban J connectivity index is 2.10. The summed E-state index contributed by atoms with van der Waals surface area (Å²) in [6.07, 6.45) is 6.86. The van der Waals surface area contributed by atoms with E-state index in [0.29, 0.717) is 0 Å². The fraction of sp³-hybridized carbons (Fsp3) is 0.0909. The van der Waals surface area contributed by atoms with E-state index in [1.807, 2.05) is 0 Å². The topological polar surface area (TPSA) is 0 Å². The van der Waals surface area contributed by atoms with Crippen molar-refractivity contribution in [2.75, 3.05) is 0 Å². The first-order valence-corrected chi connectivity index (χ1v) is 7.94. The summed E-state index contributed by atoms with van der Waals surface area (Å²) in [4.78, 5) is 0. The van der Waals surface area contributed by atoms with Gasteiger partial charge in [0.15, 0.2) is 0 Å². The van der Waals surface area contributed by atoms with E-state index in [2.05, 4.69) is 72.8 Å². The molecule has 22 heavy (non-hydrogen) atoms. The summed E-state index contributed by atoms with van der Waals surface area (Å²) in [5.41, 5.74) is 2.90. The van der Waals surface area contributed by atoms with Gasteiger partial charge < -0.3 is 0 Å². The first kappa shape index (κ1) is 12.0. The van der Waals surface area contributed by atoms with E-state index >= 15 is 0 Å². The van der Waals surface area contributed by atoms with Crippen molar-refractivity contribution in [2.45, 2.75) is 12.8 Å². The van der Waals surface area contributed by atoms with E-state index in [-0.39, 0.29) is 0 Å². The normalized spacial score (nSPS) is 13.8. The van der Waals surface area contributed by atoms with Crippen molar-refractivity contribution in [2.24, 2.45) is 0 Å². The van der Waals surface area contributed by atoms with Gasteiger partial charge in [-0.2, -0.15) is 0 Å². The summed E-state index contributed by atoms with van der Waals surface area (Å²) in [7, 11) is 0. The summed E-state index contributed by atoms with van der Waals surface area (Å²) in [6, 6.07) is 22.3. The minimum Gasteiger partial charge on any atom is -0.0836 e. The Morgan fingerprint density at radius 1 is 0.636 bits per heavy atom. The lowest BCUT2D eigenvalue weighted by Crippen LogP contribution is -1.96. The van der Waals surface area contributed by atoms with E-state index in [0.717, 1.165) is 12.8 Å². The number of hydrogen-bond acceptors (Lipinski definition) is 0. The van der Waals surface area contributed by atoms with E-state index < -0.39 is 0 Å². The van der Waals surface area contributed by atoms with Crippen molar-refractivity contribution in [3.63, 3.8) is 0 Å². The van der Waals surface area contributed by atoms with Crippen molar-refractivity contribution in [3.05, 3.63) is 77.9 Å². The maximum Gasteiger partial charge on any atom is -0.00238 e. The maximum absolute atomic E-state index is 2.29. The highest BCUT2D eigenvalue weighted by Gasteiger charge is 2.13. The average molecular weight is 280 g/mol. The van der Waals surface area contributed by atoms with Crippen LogP contribution >= 0.6 is 0 Å². The molecule has 0 fully saturated rings. The van der Waals surface area contributed by atoms with Crippen LogP contribution in [0, 0.1) is 0 Å². The molecule has 0 unspecified atom stereocenters. The Kier molecular flexibility index (Phi) is 2.42. The van der Waals surface area contributed by atoms with Crippen molar-refractivity contribution in [1.82, 2.24) is 0 Å². The minimum absolute atomic E-state index is 1.14. The van der Waals surface area contributed by atoms with Crippen LogP contribution < -0.4 is 0 Å². The average Bonchev–Trinajstić information content (AvgIpc) is 2.60. The van der Waals surface area contributed by atoms with Gasteiger partial charge in [0.25, 0.3) is 0 Å². The fourth-order valence-corrected chi connectivity index (χ4v) is 3.87. The first-order valence-electron chi connectivity index (χ1n) is 7.94. The van der Waals surface area contributed by atoms with Crippen LogP contribution in [0.4, 0.5) is 0 Å². The predicted molar refractivity (Wildman–Crippen MR) is 96.3 cm³/mol. The Labute approximate surface area is 129 Å². The molecule has 1 aliphatic carbocycles. The minimum atomic E-state index is 1.14. The van der Waals surface area contributed by atoms with Crippen molar-refractivity contribution >= 4 is 38.4 Å². The molecule has 0 radical (unpaired) electrons. The van der Waals surface area contributed by atoms with Crippen LogP contribution in [0.15, 0.2) is 66.7 Å². The lowest BCUT2D eigenvalue weighted by atomic mass is 9.87. The van der Waals surface area contributed by atoms with Gasteiger partial charge in [0.1, 0.15) is 0 Å². The summed E-state index contributed by atoms with van der Waals surface area (Å²) in [5.74, 6) is 0. The van der Waals surface area contributed by atoms with Gasteiger partial charge >= 0.3 is 0 Å². The van der Waals surface area contributed by atoms with Crippen LogP contribution in [-0.2, 0) is 6.42 Å². The van der Waals surface area contributed by atoms with Crippen LogP contribution in [0.25, 0.3) is 38.4 Å². The third-order valence-electron chi connectivity index (χ3n) is 4.89. The van der Waals surface area contributed by atoms with Gasteiger partial charge in [-0.1, -0.05) is 72.8 Å². The van der Waals surface area contributed by atoms with Crippen LogP contribution in [0.1, 0.15) is 17.5 Å². The SMILES string of the molecule is C1=Cc2ccc3ccc4ccc5ccccc5c4c3c2CC1. The third kappa shape index (κ3) is 1.58. The zero-order chi connectivity index (χ0) is 14.5. The number of benzene rings is 4. The molecular formula is C22H16. The molecule has 0 aromatic heterocycles. The zero-order valence-electron chi connectivity index (χ0n) is 12.3. The Morgan fingerprint density at radius 3 is 2.27 bits per heavy atom. The number of allylic oxidation sites excluding steroid dienone is 1. The van der Waals surface area contributed by atoms with E-state index in [4.69, 9.17) is 0 Å². The van der Waals surface area contributed by atoms with Crippen molar-refractivity contribution in [3.8, 4) is 0 Å². The molecule has 0 bridgehead atoms. The smallest absolute Gasteiger partial charge is 0.00238 e. The largest absolute Gasteiger partial charge is 0.0836 e. The standard InChI is InChI=1S/C22H16/c1-3-7-19-15(5-1)9-11-17-13-14-18-12-10-16-6-2-4-8-20(16)22(18)21(17)19/h1-3,5-7,9-14H,4,8H2. The van der Waals surface area contributed by atoms with Gasteiger partial charge in [0.05, 0.1) is 0 Å². The molecule has 0 heterocycles. The molecule has 0 N–H and O–H groups in total. The second-order valence-corrected chi connectivity index (χ2v) is 6.12. The predicted octanol–water partition coefficient (Wildman–Crippen LogP) is 6.11. The molecule has 0 atom stereocenters. The van der Waals surface area contributed by atoms with Gasteiger partial charge in [0, 0.05) is 0 Å². The number of aryl methyl sites for hydroxylation is 1. The highest BCUT2D eigenvalue weighted by molar-refractivity contribution is 6.21. The second kappa shape index (κ2) is 4.45. The van der Waals surface area contributed by atoms with Gasteiger partial charge in [-0.05, 0) is 56.3 Å². The Bertz CT molecular complexity index is 1060. The number of fused-ring (bicyclic) bond motifs is 7. The number of rotatable bonds is 0. The van der Waals surface area contributed by atoms with Crippen molar-refractivity contribution < 1.29 is 0 Å². The quantitative estimate of drug-likeness (QED) is 0.341. The summed E-state index contributed by atoms with van der Waals surface area (Å²) >= 11 is 0. The highest BCUT2D eigenvalue weighted by atomic mass is 14.2. The maximum atomic E-state index is 2.29. The molecule has 0 saturated heterocycles. The molecular weight excluding hydrogens is 264 g/mol. The van der Waals surface area contributed by atoms with Crippen LogP contribution in [0.5, 0.6) is 0 Å². The molecule has 0 heteroatoms. The lowest BCUT2D eigenvalue weighted by Gasteiger charge is -2.16. The fourth-order valence-electron chi connectivity index (χ4n) is 3.87.